The number of aromatic nitrogens is 1. The second-order valence-electron chi connectivity index (χ2n) is 5.05. The van der Waals surface area contributed by atoms with Gasteiger partial charge in [-0.05, 0) is 25.0 Å². The Labute approximate surface area is 127 Å². The van der Waals surface area contributed by atoms with E-state index < -0.39 is 0 Å². The molecule has 0 radical (unpaired) electrons. The zero-order chi connectivity index (χ0) is 14.8. The summed E-state index contributed by atoms with van der Waals surface area (Å²) in [6.45, 7) is 5.96. The van der Waals surface area contributed by atoms with Crippen molar-refractivity contribution in [2.24, 2.45) is 0 Å². The molecule has 0 N–H and O–H groups in total. The van der Waals surface area contributed by atoms with Gasteiger partial charge in [0.1, 0.15) is 10.8 Å². The molecule has 0 fully saturated rings. The molecule has 3 nitrogen and oxygen atoms in total. The average molecular weight is 297 g/mol. The molecule has 0 atom stereocenters. The fraction of sp³-hybridized carbons (Fsp3) is 0.625. The van der Waals surface area contributed by atoms with Crippen LogP contribution >= 0.6 is 11.6 Å². The third kappa shape index (κ3) is 5.91. The Balaban J connectivity index is 2.66. The van der Waals surface area contributed by atoms with Crippen LogP contribution in [0.4, 0.5) is 0 Å². The number of hydrogen-bond acceptors (Lipinski definition) is 2. The molecule has 0 saturated heterocycles. The number of hydrogen-bond donors (Lipinski definition) is 0. The summed E-state index contributed by atoms with van der Waals surface area (Å²) in [5, 5.41) is 0.373. The van der Waals surface area contributed by atoms with Gasteiger partial charge in [0.25, 0.3) is 5.91 Å². The van der Waals surface area contributed by atoms with Crippen LogP contribution in [0.1, 0.15) is 62.9 Å². The molecule has 1 heterocycles. The van der Waals surface area contributed by atoms with Crippen LogP contribution < -0.4 is 0 Å². The molecule has 112 valence electrons. The summed E-state index contributed by atoms with van der Waals surface area (Å²) in [6, 6.07) is 5.20. The van der Waals surface area contributed by atoms with E-state index in [4.69, 9.17) is 11.6 Å². The Morgan fingerprint density at radius 3 is 2.20 bits per heavy atom. The standard InChI is InChI=1S/C16H25ClN2O/c1-3-5-7-12-19(13-8-6-4-2)16(20)14-10-9-11-15(17)18-14/h9-11H,3-8,12-13H2,1-2H3. The van der Waals surface area contributed by atoms with E-state index >= 15 is 0 Å². The molecule has 1 aromatic rings. The van der Waals surface area contributed by atoms with Gasteiger partial charge in [-0.25, -0.2) is 4.98 Å². The van der Waals surface area contributed by atoms with Gasteiger partial charge in [0.05, 0.1) is 0 Å². The first-order valence-electron chi connectivity index (χ1n) is 7.60. The van der Waals surface area contributed by atoms with Gasteiger partial charge in [-0.15, -0.1) is 0 Å². The highest BCUT2D eigenvalue weighted by Gasteiger charge is 2.16. The molecule has 20 heavy (non-hydrogen) atoms. The summed E-state index contributed by atoms with van der Waals surface area (Å²) in [6.07, 6.45) is 6.73. The van der Waals surface area contributed by atoms with Gasteiger partial charge in [0.2, 0.25) is 0 Å². The van der Waals surface area contributed by atoms with Crippen molar-refractivity contribution in [3.8, 4) is 0 Å². The average Bonchev–Trinajstić information content (AvgIpc) is 2.45. The summed E-state index contributed by atoms with van der Waals surface area (Å²) >= 11 is 5.87. The second kappa shape index (κ2) is 9.76. The maximum atomic E-state index is 12.5. The van der Waals surface area contributed by atoms with E-state index in [9.17, 15) is 4.79 Å². The number of carbonyl (C=O) groups excluding carboxylic acids is 1. The molecule has 0 aliphatic heterocycles. The van der Waals surface area contributed by atoms with Crippen LogP contribution in [0.5, 0.6) is 0 Å². The highest BCUT2D eigenvalue weighted by atomic mass is 35.5. The second-order valence-corrected chi connectivity index (χ2v) is 5.44. The van der Waals surface area contributed by atoms with Gasteiger partial charge in [-0.3, -0.25) is 4.79 Å². The Kier molecular flexibility index (Phi) is 8.28. The quantitative estimate of drug-likeness (QED) is 0.494. The minimum atomic E-state index is -0.000272. The Morgan fingerprint density at radius 2 is 1.70 bits per heavy atom. The highest BCUT2D eigenvalue weighted by Crippen LogP contribution is 2.10. The first-order valence-corrected chi connectivity index (χ1v) is 7.98. The van der Waals surface area contributed by atoms with Crippen LogP contribution in [-0.4, -0.2) is 28.9 Å². The summed E-state index contributed by atoms with van der Waals surface area (Å²) in [7, 11) is 0. The van der Waals surface area contributed by atoms with E-state index in [2.05, 4.69) is 18.8 Å². The molecule has 4 heteroatoms. The van der Waals surface area contributed by atoms with Crippen LogP contribution in [0, 0.1) is 0 Å². The number of pyridine rings is 1. The van der Waals surface area contributed by atoms with Gasteiger partial charge < -0.3 is 4.90 Å². The molecular formula is C16H25ClN2O. The molecule has 0 spiro atoms. The lowest BCUT2D eigenvalue weighted by Crippen LogP contribution is -2.33. The Hall–Kier alpha value is -1.09. The van der Waals surface area contributed by atoms with Crippen LogP contribution in [0.15, 0.2) is 18.2 Å². The maximum absolute atomic E-state index is 12.5. The largest absolute Gasteiger partial charge is 0.337 e. The van der Waals surface area contributed by atoms with Gasteiger partial charge in [0.15, 0.2) is 0 Å². The smallest absolute Gasteiger partial charge is 0.272 e. The molecular weight excluding hydrogens is 272 g/mol. The van der Waals surface area contributed by atoms with Crippen LogP contribution in [0.25, 0.3) is 0 Å². The van der Waals surface area contributed by atoms with Crippen molar-refractivity contribution >= 4 is 17.5 Å². The minimum Gasteiger partial charge on any atom is -0.337 e. The number of amides is 1. The molecule has 0 unspecified atom stereocenters. The number of carbonyl (C=O) groups is 1. The predicted molar refractivity (Wildman–Crippen MR) is 84.2 cm³/mol. The fourth-order valence-electron chi connectivity index (χ4n) is 2.11. The molecule has 0 aliphatic rings. The number of unbranched alkanes of at least 4 members (excludes halogenated alkanes) is 4. The fourth-order valence-corrected chi connectivity index (χ4v) is 2.27. The maximum Gasteiger partial charge on any atom is 0.272 e. The van der Waals surface area contributed by atoms with E-state index in [1.807, 2.05) is 4.90 Å². The van der Waals surface area contributed by atoms with Crippen molar-refractivity contribution in [2.45, 2.75) is 52.4 Å². The van der Waals surface area contributed by atoms with E-state index in [0.29, 0.717) is 10.8 Å². The van der Waals surface area contributed by atoms with Gasteiger partial charge in [-0.2, -0.15) is 0 Å². The summed E-state index contributed by atoms with van der Waals surface area (Å²) < 4.78 is 0. The monoisotopic (exact) mass is 296 g/mol. The zero-order valence-electron chi connectivity index (χ0n) is 12.6. The molecule has 0 aliphatic carbocycles. The zero-order valence-corrected chi connectivity index (χ0v) is 13.3. The van der Waals surface area contributed by atoms with Gasteiger partial charge in [-0.1, -0.05) is 57.2 Å². The van der Waals surface area contributed by atoms with Crippen molar-refractivity contribution in [3.63, 3.8) is 0 Å². The highest BCUT2D eigenvalue weighted by molar-refractivity contribution is 6.29. The van der Waals surface area contributed by atoms with E-state index in [1.54, 1.807) is 18.2 Å². The van der Waals surface area contributed by atoms with E-state index in [0.717, 1.165) is 51.6 Å². The topological polar surface area (TPSA) is 33.2 Å². The molecule has 1 rings (SSSR count). The molecule has 1 amide bonds. The molecule has 0 aromatic carbocycles. The summed E-state index contributed by atoms with van der Waals surface area (Å²) in [5.41, 5.74) is 0.450. The number of halogens is 1. The molecule has 1 aromatic heterocycles. The van der Waals surface area contributed by atoms with E-state index in [1.165, 1.54) is 0 Å². The molecule has 0 bridgehead atoms. The SMILES string of the molecule is CCCCCN(CCCCC)C(=O)c1cccc(Cl)n1. The van der Waals surface area contributed by atoms with Crippen LogP contribution in [0.3, 0.4) is 0 Å². The predicted octanol–water partition coefficient (Wildman–Crippen LogP) is 4.56. The van der Waals surface area contributed by atoms with Gasteiger partial charge in [0, 0.05) is 13.1 Å². The van der Waals surface area contributed by atoms with Gasteiger partial charge >= 0.3 is 0 Å². The van der Waals surface area contributed by atoms with Crippen LogP contribution in [-0.2, 0) is 0 Å². The van der Waals surface area contributed by atoms with Crippen molar-refractivity contribution in [1.82, 2.24) is 9.88 Å². The third-order valence-electron chi connectivity index (χ3n) is 3.28. The first-order chi connectivity index (χ1) is 9.69. The Morgan fingerprint density at radius 1 is 1.10 bits per heavy atom. The third-order valence-corrected chi connectivity index (χ3v) is 3.50. The van der Waals surface area contributed by atoms with Crippen molar-refractivity contribution < 1.29 is 4.79 Å². The van der Waals surface area contributed by atoms with Crippen molar-refractivity contribution in [2.75, 3.05) is 13.1 Å². The van der Waals surface area contributed by atoms with Crippen molar-refractivity contribution in [1.29, 1.82) is 0 Å². The first kappa shape index (κ1) is 17.0. The van der Waals surface area contributed by atoms with Crippen molar-refractivity contribution in [3.05, 3.63) is 29.0 Å². The van der Waals surface area contributed by atoms with Crippen LogP contribution in [0.2, 0.25) is 5.15 Å². The van der Waals surface area contributed by atoms with E-state index in [-0.39, 0.29) is 5.91 Å². The Bertz CT molecular complexity index is 399. The lowest BCUT2D eigenvalue weighted by Gasteiger charge is -2.22. The summed E-state index contributed by atoms with van der Waals surface area (Å²) in [4.78, 5) is 18.5. The lowest BCUT2D eigenvalue weighted by atomic mass is 10.2. The number of rotatable bonds is 9. The lowest BCUT2D eigenvalue weighted by molar-refractivity contribution is 0.0743. The minimum absolute atomic E-state index is 0.000272. The molecule has 0 saturated carbocycles. The number of nitrogens with zero attached hydrogens (tertiary/aromatic N) is 2. The normalized spacial score (nSPS) is 10.6. The summed E-state index contributed by atoms with van der Waals surface area (Å²) in [5.74, 6) is -0.000272.